The molecule has 1 atom stereocenters. The summed E-state index contributed by atoms with van der Waals surface area (Å²) in [5.74, 6) is -0.588. The van der Waals surface area contributed by atoms with Crippen molar-refractivity contribution in [3.8, 4) is 0 Å². The number of benzene rings is 1. The van der Waals surface area contributed by atoms with Gasteiger partial charge in [-0.25, -0.2) is 0 Å². The second-order valence-corrected chi connectivity index (χ2v) is 5.60. The normalized spacial score (nSPS) is 27.9. The molecular formula is C16H21NO3. The molecule has 0 bridgehead atoms. The zero-order valence-electron chi connectivity index (χ0n) is 11.9. The van der Waals surface area contributed by atoms with Crippen molar-refractivity contribution >= 4 is 5.91 Å². The van der Waals surface area contributed by atoms with Gasteiger partial charge in [-0.2, -0.15) is 0 Å². The molecule has 0 radical (unpaired) electrons. The molecule has 1 amide bonds. The fourth-order valence-electron chi connectivity index (χ4n) is 3.74. The monoisotopic (exact) mass is 275 g/mol. The van der Waals surface area contributed by atoms with Crippen molar-refractivity contribution in [1.82, 2.24) is 5.32 Å². The van der Waals surface area contributed by atoms with Gasteiger partial charge < -0.3 is 14.8 Å². The quantitative estimate of drug-likeness (QED) is 0.917. The highest BCUT2D eigenvalue weighted by Crippen LogP contribution is 2.54. The van der Waals surface area contributed by atoms with Crippen molar-refractivity contribution in [3.63, 3.8) is 0 Å². The van der Waals surface area contributed by atoms with Crippen LogP contribution in [0.15, 0.2) is 30.3 Å². The Morgan fingerprint density at radius 3 is 2.55 bits per heavy atom. The highest BCUT2D eigenvalue weighted by molar-refractivity contribution is 5.77. The van der Waals surface area contributed by atoms with Crippen LogP contribution in [0.2, 0.25) is 0 Å². The summed E-state index contributed by atoms with van der Waals surface area (Å²) >= 11 is 0. The van der Waals surface area contributed by atoms with Gasteiger partial charge in [0.2, 0.25) is 5.91 Å². The third kappa shape index (κ3) is 1.95. The molecule has 1 heterocycles. The molecule has 3 rings (SSSR count). The summed E-state index contributed by atoms with van der Waals surface area (Å²) < 4.78 is 12.0. The molecule has 1 aromatic carbocycles. The molecule has 1 aliphatic heterocycles. The van der Waals surface area contributed by atoms with E-state index in [2.05, 4.69) is 17.4 Å². The summed E-state index contributed by atoms with van der Waals surface area (Å²) in [7, 11) is 1.68. The molecule has 108 valence electrons. The number of ether oxygens (including phenoxy) is 2. The number of amides is 1. The van der Waals surface area contributed by atoms with Gasteiger partial charge in [0.15, 0.2) is 5.79 Å². The molecule has 1 N–H and O–H groups in total. The Morgan fingerprint density at radius 1 is 1.20 bits per heavy atom. The number of carbonyl (C=O) groups is 1. The summed E-state index contributed by atoms with van der Waals surface area (Å²) in [5.41, 5.74) is 0.771. The van der Waals surface area contributed by atoms with Crippen molar-refractivity contribution in [3.05, 3.63) is 35.9 Å². The Kier molecular flexibility index (Phi) is 3.52. The molecule has 20 heavy (non-hydrogen) atoms. The van der Waals surface area contributed by atoms with Crippen LogP contribution in [-0.2, 0) is 19.7 Å². The molecule has 1 saturated carbocycles. The Balaban J connectivity index is 2.05. The average molecular weight is 275 g/mol. The molecule has 1 spiro atoms. The smallest absolute Gasteiger partial charge is 0.220 e. The van der Waals surface area contributed by atoms with Crippen LogP contribution in [0.5, 0.6) is 0 Å². The van der Waals surface area contributed by atoms with Crippen LogP contribution in [0.25, 0.3) is 0 Å². The third-order valence-corrected chi connectivity index (χ3v) is 4.66. The largest absolute Gasteiger partial charge is 0.359 e. The Labute approximate surface area is 119 Å². The van der Waals surface area contributed by atoms with E-state index in [9.17, 15) is 4.79 Å². The Morgan fingerprint density at radius 2 is 1.90 bits per heavy atom. The second kappa shape index (κ2) is 5.19. The van der Waals surface area contributed by atoms with Crippen LogP contribution in [0.4, 0.5) is 0 Å². The van der Waals surface area contributed by atoms with Crippen molar-refractivity contribution in [2.75, 3.05) is 20.3 Å². The van der Waals surface area contributed by atoms with E-state index in [1.54, 1.807) is 7.05 Å². The first kappa shape index (κ1) is 13.6. The van der Waals surface area contributed by atoms with Crippen molar-refractivity contribution in [2.24, 2.45) is 0 Å². The number of carbonyl (C=O) groups excluding carboxylic acids is 1. The summed E-state index contributed by atoms with van der Waals surface area (Å²) in [5, 5.41) is 2.74. The van der Waals surface area contributed by atoms with Crippen molar-refractivity contribution in [1.29, 1.82) is 0 Å². The maximum atomic E-state index is 12.1. The topological polar surface area (TPSA) is 47.6 Å². The SMILES string of the molecule is CNC(=O)CC1(c2ccccc2)CCCC12OCCO2. The van der Waals surface area contributed by atoms with E-state index in [0.29, 0.717) is 19.6 Å². The van der Waals surface area contributed by atoms with E-state index in [-0.39, 0.29) is 11.3 Å². The summed E-state index contributed by atoms with van der Waals surface area (Å²) in [4.78, 5) is 12.1. The molecule has 1 aromatic rings. The van der Waals surface area contributed by atoms with E-state index in [4.69, 9.17) is 9.47 Å². The van der Waals surface area contributed by atoms with E-state index in [1.807, 2.05) is 18.2 Å². The number of rotatable bonds is 3. The minimum absolute atomic E-state index is 0.0363. The second-order valence-electron chi connectivity index (χ2n) is 5.60. The number of nitrogens with one attached hydrogen (secondary N) is 1. The lowest BCUT2D eigenvalue weighted by Crippen LogP contribution is -2.50. The van der Waals surface area contributed by atoms with Gasteiger partial charge in [0.1, 0.15) is 0 Å². The van der Waals surface area contributed by atoms with Crippen LogP contribution in [0.3, 0.4) is 0 Å². The summed E-state index contributed by atoms with van der Waals surface area (Å²) in [6.45, 7) is 1.23. The summed E-state index contributed by atoms with van der Waals surface area (Å²) in [6, 6.07) is 10.2. The van der Waals surface area contributed by atoms with Gasteiger partial charge in [0.05, 0.1) is 18.6 Å². The Hall–Kier alpha value is -1.39. The van der Waals surface area contributed by atoms with Crippen LogP contribution in [0, 0.1) is 0 Å². The van der Waals surface area contributed by atoms with Crippen molar-refractivity contribution in [2.45, 2.75) is 36.9 Å². The molecule has 1 saturated heterocycles. The van der Waals surface area contributed by atoms with Gasteiger partial charge in [-0.1, -0.05) is 30.3 Å². The van der Waals surface area contributed by atoms with Gasteiger partial charge in [-0.15, -0.1) is 0 Å². The lowest BCUT2D eigenvalue weighted by atomic mass is 9.72. The third-order valence-electron chi connectivity index (χ3n) is 4.66. The van der Waals surface area contributed by atoms with E-state index in [1.165, 1.54) is 0 Å². The first-order chi connectivity index (χ1) is 9.72. The molecule has 0 aromatic heterocycles. The highest BCUT2D eigenvalue weighted by Gasteiger charge is 2.60. The van der Waals surface area contributed by atoms with Gasteiger partial charge in [-0.05, 0) is 18.4 Å². The molecule has 4 nitrogen and oxygen atoms in total. The molecule has 1 aliphatic carbocycles. The van der Waals surface area contributed by atoms with Gasteiger partial charge in [0.25, 0.3) is 0 Å². The first-order valence-electron chi connectivity index (χ1n) is 7.26. The predicted molar refractivity (Wildman–Crippen MR) is 75.3 cm³/mol. The number of hydrogen-bond acceptors (Lipinski definition) is 3. The zero-order valence-corrected chi connectivity index (χ0v) is 11.9. The van der Waals surface area contributed by atoms with Crippen LogP contribution in [-0.4, -0.2) is 32.0 Å². The molecule has 4 heteroatoms. The molecular weight excluding hydrogens is 254 g/mol. The average Bonchev–Trinajstić information content (AvgIpc) is 3.10. The summed E-state index contributed by atoms with van der Waals surface area (Å²) in [6.07, 6.45) is 3.21. The molecule has 2 fully saturated rings. The predicted octanol–water partition coefficient (Wildman–Crippen LogP) is 1.99. The minimum atomic E-state index is -0.624. The molecule has 2 aliphatic rings. The van der Waals surface area contributed by atoms with Gasteiger partial charge in [-0.3, -0.25) is 4.79 Å². The lowest BCUT2D eigenvalue weighted by Gasteiger charge is -2.42. The maximum Gasteiger partial charge on any atom is 0.220 e. The van der Waals surface area contributed by atoms with Gasteiger partial charge >= 0.3 is 0 Å². The highest BCUT2D eigenvalue weighted by atomic mass is 16.7. The maximum absolute atomic E-state index is 12.1. The number of hydrogen-bond donors (Lipinski definition) is 1. The van der Waals surface area contributed by atoms with Crippen molar-refractivity contribution < 1.29 is 14.3 Å². The zero-order chi connectivity index (χ0) is 14.1. The lowest BCUT2D eigenvalue weighted by molar-refractivity contribution is -0.197. The van der Waals surface area contributed by atoms with Gasteiger partial charge in [0, 0.05) is 19.9 Å². The van der Waals surface area contributed by atoms with E-state index >= 15 is 0 Å². The Bertz CT molecular complexity index is 476. The fraction of sp³-hybridized carbons (Fsp3) is 0.562. The van der Waals surface area contributed by atoms with Crippen LogP contribution < -0.4 is 5.32 Å². The molecule has 1 unspecified atom stereocenters. The van der Waals surface area contributed by atoms with Crippen LogP contribution >= 0.6 is 0 Å². The standard InChI is InChI=1S/C16H21NO3/c1-17-14(18)12-15(13-6-3-2-4-7-13)8-5-9-16(15)19-10-11-20-16/h2-4,6-7H,5,8-12H2,1H3,(H,17,18). The van der Waals surface area contributed by atoms with E-state index < -0.39 is 5.79 Å². The minimum Gasteiger partial charge on any atom is -0.359 e. The van der Waals surface area contributed by atoms with Crippen LogP contribution in [0.1, 0.15) is 31.2 Å². The fourth-order valence-corrected chi connectivity index (χ4v) is 3.74. The first-order valence-corrected chi connectivity index (χ1v) is 7.26. The van der Waals surface area contributed by atoms with E-state index in [0.717, 1.165) is 24.8 Å².